The Kier molecular flexibility index (Phi) is 7.18. The second-order valence-corrected chi connectivity index (χ2v) is 8.01. The molecule has 4 rings (SSSR count). The number of hydrogen-bond acceptors (Lipinski definition) is 9. The minimum absolute atomic E-state index is 0.111. The molecule has 0 radical (unpaired) electrons. The lowest BCUT2D eigenvalue weighted by Crippen LogP contribution is -2.59. The lowest BCUT2D eigenvalue weighted by molar-refractivity contribution is -0.301. The molecule has 0 unspecified atom stereocenters. The molecular formula is C24H26O9. The van der Waals surface area contributed by atoms with Gasteiger partial charge in [0.1, 0.15) is 24.4 Å². The van der Waals surface area contributed by atoms with Crippen LogP contribution in [0.4, 0.5) is 0 Å². The first-order chi connectivity index (χ1) is 15.9. The average molecular weight is 458 g/mol. The maximum absolute atomic E-state index is 12.7. The van der Waals surface area contributed by atoms with E-state index in [-0.39, 0.29) is 19.0 Å². The van der Waals surface area contributed by atoms with Gasteiger partial charge in [0.25, 0.3) is 0 Å². The quantitative estimate of drug-likeness (QED) is 0.283. The van der Waals surface area contributed by atoms with Crippen molar-refractivity contribution in [2.45, 2.75) is 43.5 Å². The zero-order valence-electron chi connectivity index (χ0n) is 17.8. The van der Waals surface area contributed by atoms with Gasteiger partial charge in [0.15, 0.2) is 12.1 Å². The summed E-state index contributed by atoms with van der Waals surface area (Å²) in [7, 11) is 0. The molecule has 1 saturated heterocycles. The van der Waals surface area contributed by atoms with Crippen LogP contribution in [-0.4, -0.2) is 82.7 Å². The minimum atomic E-state index is -1.49. The van der Waals surface area contributed by atoms with Gasteiger partial charge in [-0.3, -0.25) is 4.79 Å². The van der Waals surface area contributed by atoms with Crippen molar-refractivity contribution >= 4 is 11.8 Å². The number of ether oxygens (including phenoxy) is 3. The van der Waals surface area contributed by atoms with Crippen LogP contribution in [0, 0.1) is 0 Å². The fourth-order valence-electron chi connectivity index (χ4n) is 4.10. The van der Waals surface area contributed by atoms with E-state index in [0.29, 0.717) is 35.1 Å². The zero-order chi connectivity index (χ0) is 23.5. The van der Waals surface area contributed by atoms with E-state index in [1.165, 1.54) is 0 Å². The summed E-state index contributed by atoms with van der Waals surface area (Å²) in [6, 6.07) is 12.1. The molecule has 2 aromatic rings. The number of carbonyl (C=O) groups excluding carboxylic acids is 2. The van der Waals surface area contributed by atoms with Crippen LogP contribution < -0.4 is 0 Å². The fraction of sp³-hybridized carbons (Fsp3) is 0.417. The van der Waals surface area contributed by atoms with E-state index in [4.69, 9.17) is 14.2 Å². The number of benzene rings is 2. The van der Waals surface area contributed by atoms with Crippen molar-refractivity contribution in [3.05, 3.63) is 59.2 Å². The third kappa shape index (κ3) is 4.56. The number of carbonyl (C=O) groups is 2. The summed E-state index contributed by atoms with van der Waals surface area (Å²) < 4.78 is 16.1. The van der Waals surface area contributed by atoms with E-state index >= 15 is 0 Å². The van der Waals surface area contributed by atoms with Crippen molar-refractivity contribution < 1.29 is 44.2 Å². The zero-order valence-corrected chi connectivity index (χ0v) is 17.8. The summed E-state index contributed by atoms with van der Waals surface area (Å²) in [6.07, 6.45) is -5.67. The molecule has 2 aromatic carbocycles. The van der Waals surface area contributed by atoms with Crippen LogP contribution in [0.2, 0.25) is 0 Å². The third-order valence-electron chi connectivity index (χ3n) is 5.87. The SMILES string of the molecule is O=C(OCCCCO[C@H]1O[C@H](CO)[C@@H](O)[C@H](O)[C@H]1O)c1cccc2c1-c1ccccc1C2=O. The topological polar surface area (TPSA) is 143 Å². The molecule has 1 heterocycles. The summed E-state index contributed by atoms with van der Waals surface area (Å²) in [5.74, 6) is -0.633. The van der Waals surface area contributed by atoms with Crippen molar-refractivity contribution in [2.75, 3.05) is 19.8 Å². The van der Waals surface area contributed by atoms with E-state index in [9.17, 15) is 30.0 Å². The predicted molar refractivity (Wildman–Crippen MR) is 115 cm³/mol. The molecule has 33 heavy (non-hydrogen) atoms. The van der Waals surface area contributed by atoms with Crippen LogP contribution in [-0.2, 0) is 14.2 Å². The molecule has 9 nitrogen and oxygen atoms in total. The number of ketones is 1. The van der Waals surface area contributed by atoms with Crippen LogP contribution in [0.15, 0.2) is 42.5 Å². The minimum Gasteiger partial charge on any atom is -0.462 e. The van der Waals surface area contributed by atoms with Gasteiger partial charge in [-0.25, -0.2) is 4.79 Å². The molecule has 2 aliphatic rings. The van der Waals surface area contributed by atoms with Crippen LogP contribution in [0.5, 0.6) is 0 Å². The molecule has 1 aliphatic carbocycles. The largest absolute Gasteiger partial charge is 0.462 e. The highest BCUT2D eigenvalue weighted by Crippen LogP contribution is 2.39. The second-order valence-electron chi connectivity index (χ2n) is 8.01. The molecule has 0 bridgehead atoms. The van der Waals surface area contributed by atoms with Crippen LogP contribution in [0.25, 0.3) is 11.1 Å². The van der Waals surface area contributed by atoms with Crippen molar-refractivity contribution in [3.8, 4) is 11.1 Å². The smallest absolute Gasteiger partial charge is 0.338 e. The number of hydrogen-bond donors (Lipinski definition) is 4. The van der Waals surface area contributed by atoms with Crippen LogP contribution in [0.1, 0.15) is 39.1 Å². The maximum Gasteiger partial charge on any atom is 0.338 e. The molecule has 4 N–H and O–H groups in total. The molecular weight excluding hydrogens is 432 g/mol. The summed E-state index contributed by atoms with van der Waals surface area (Å²) in [6.45, 7) is -0.265. The first-order valence-corrected chi connectivity index (χ1v) is 10.8. The molecule has 9 heteroatoms. The Labute approximate surface area is 190 Å². The highest BCUT2D eigenvalue weighted by atomic mass is 16.7. The van der Waals surface area contributed by atoms with Crippen molar-refractivity contribution in [1.82, 2.24) is 0 Å². The first kappa shape index (κ1) is 23.5. The molecule has 5 atom stereocenters. The normalized spacial score (nSPS) is 26.1. The standard InChI is InChI=1S/C24H26O9/c25-12-17-20(27)21(28)22(29)24(33-17)32-11-4-3-10-31-23(30)16-9-5-8-15-18(16)13-6-1-2-7-14(13)19(15)26/h1-2,5-9,17,20-22,24-25,27-29H,3-4,10-12H2/t17-,20-,21+,22-,24+/m1/s1. The van der Waals surface area contributed by atoms with Gasteiger partial charge in [0.2, 0.25) is 0 Å². The van der Waals surface area contributed by atoms with Crippen LogP contribution in [0.3, 0.4) is 0 Å². The predicted octanol–water partition coefficient (Wildman–Crippen LogP) is 0.652. The lowest BCUT2D eigenvalue weighted by Gasteiger charge is -2.39. The van der Waals surface area contributed by atoms with Gasteiger partial charge in [-0.2, -0.15) is 0 Å². The Morgan fingerprint density at radius 3 is 2.33 bits per heavy atom. The van der Waals surface area contributed by atoms with E-state index in [1.807, 2.05) is 12.1 Å². The Bertz CT molecular complexity index is 1020. The summed E-state index contributed by atoms with van der Waals surface area (Å²) in [4.78, 5) is 25.3. The number of rotatable bonds is 8. The Morgan fingerprint density at radius 1 is 0.879 bits per heavy atom. The van der Waals surface area contributed by atoms with Gasteiger partial charge in [0, 0.05) is 23.3 Å². The number of aliphatic hydroxyl groups excluding tert-OH is 4. The van der Waals surface area contributed by atoms with Gasteiger partial charge in [0.05, 0.1) is 18.8 Å². The molecule has 0 amide bonds. The monoisotopic (exact) mass is 458 g/mol. The number of unbranched alkanes of at least 4 members (excludes halogenated alkanes) is 1. The first-order valence-electron chi connectivity index (χ1n) is 10.8. The second kappa shape index (κ2) is 10.1. The molecule has 176 valence electrons. The highest BCUT2D eigenvalue weighted by Gasteiger charge is 2.43. The Balaban J connectivity index is 1.27. The molecule has 0 saturated carbocycles. The van der Waals surface area contributed by atoms with Gasteiger partial charge < -0.3 is 34.6 Å². The summed E-state index contributed by atoms with van der Waals surface area (Å²) >= 11 is 0. The highest BCUT2D eigenvalue weighted by molar-refractivity contribution is 6.24. The van der Waals surface area contributed by atoms with Crippen LogP contribution >= 0.6 is 0 Å². The van der Waals surface area contributed by atoms with Gasteiger partial charge in [-0.1, -0.05) is 36.4 Å². The third-order valence-corrected chi connectivity index (χ3v) is 5.87. The number of fused-ring (bicyclic) bond motifs is 3. The van der Waals surface area contributed by atoms with Gasteiger partial charge in [-0.05, 0) is 24.5 Å². The summed E-state index contributed by atoms with van der Waals surface area (Å²) in [5, 5.41) is 38.7. The number of aliphatic hydroxyl groups is 4. The Hall–Kier alpha value is -2.66. The van der Waals surface area contributed by atoms with E-state index < -0.39 is 43.3 Å². The lowest BCUT2D eigenvalue weighted by atomic mass is 9.99. The summed E-state index contributed by atoms with van der Waals surface area (Å²) in [5.41, 5.74) is 2.70. The van der Waals surface area contributed by atoms with Gasteiger partial charge >= 0.3 is 5.97 Å². The molecule has 1 fully saturated rings. The average Bonchev–Trinajstić information content (AvgIpc) is 3.13. The molecule has 0 aromatic heterocycles. The van der Waals surface area contributed by atoms with E-state index in [2.05, 4.69) is 0 Å². The van der Waals surface area contributed by atoms with Crippen molar-refractivity contribution in [1.29, 1.82) is 0 Å². The molecule has 0 spiro atoms. The van der Waals surface area contributed by atoms with E-state index in [1.54, 1.807) is 30.3 Å². The number of esters is 1. The van der Waals surface area contributed by atoms with Gasteiger partial charge in [-0.15, -0.1) is 0 Å². The van der Waals surface area contributed by atoms with Crippen molar-refractivity contribution in [3.63, 3.8) is 0 Å². The van der Waals surface area contributed by atoms with Crippen molar-refractivity contribution in [2.24, 2.45) is 0 Å². The Morgan fingerprint density at radius 2 is 1.58 bits per heavy atom. The molecule has 1 aliphatic heterocycles. The maximum atomic E-state index is 12.7. The van der Waals surface area contributed by atoms with E-state index in [0.717, 1.165) is 5.56 Å². The fourth-order valence-corrected chi connectivity index (χ4v) is 4.10.